The van der Waals surface area contributed by atoms with Crippen molar-refractivity contribution in [2.45, 2.75) is 34.6 Å². The predicted molar refractivity (Wildman–Crippen MR) is 98.5 cm³/mol. The molecule has 0 unspecified atom stereocenters. The standard InChI is InChI=1S/C19H26N4/c1-6-15(13-14(4)5)18-17(16-9-11-20-12-10-16)19(22-21-18)23(7-2)8-3/h6,9-13H,7-8H2,1-5H3,(H,21,22)/b15-6+. The minimum absolute atomic E-state index is 0.923. The number of aromatic amines is 1. The zero-order chi connectivity index (χ0) is 16.8. The molecule has 0 aromatic carbocycles. The van der Waals surface area contributed by atoms with Gasteiger partial charge in [-0.2, -0.15) is 5.10 Å². The molecule has 4 nitrogen and oxygen atoms in total. The van der Waals surface area contributed by atoms with Gasteiger partial charge in [-0.25, -0.2) is 0 Å². The molecule has 0 aliphatic heterocycles. The highest BCUT2D eigenvalue weighted by Gasteiger charge is 2.20. The Bertz CT molecular complexity index is 687. The van der Waals surface area contributed by atoms with E-state index in [-0.39, 0.29) is 0 Å². The zero-order valence-electron chi connectivity index (χ0n) is 14.7. The molecule has 0 aliphatic carbocycles. The molecule has 0 amide bonds. The van der Waals surface area contributed by atoms with Gasteiger partial charge in [0, 0.05) is 25.5 Å². The Hall–Kier alpha value is -2.36. The van der Waals surface area contributed by atoms with Crippen LogP contribution in [0.4, 0.5) is 5.82 Å². The summed E-state index contributed by atoms with van der Waals surface area (Å²) in [5.74, 6) is 0.998. The van der Waals surface area contributed by atoms with Crippen molar-refractivity contribution in [2.24, 2.45) is 0 Å². The molecule has 0 radical (unpaired) electrons. The maximum absolute atomic E-state index is 4.62. The lowest BCUT2D eigenvalue weighted by atomic mass is 10.00. The van der Waals surface area contributed by atoms with Crippen molar-refractivity contribution < 1.29 is 0 Å². The van der Waals surface area contributed by atoms with Crippen LogP contribution in [-0.2, 0) is 0 Å². The number of allylic oxidation sites excluding steroid dienone is 4. The summed E-state index contributed by atoms with van der Waals surface area (Å²) in [6.07, 6.45) is 7.96. The molecule has 0 saturated heterocycles. The summed E-state index contributed by atoms with van der Waals surface area (Å²) in [4.78, 5) is 6.41. The molecule has 2 rings (SSSR count). The number of anilines is 1. The van der Waals surface area contributed by atoms with E-state index >= 15 is 0 Å². The summed E-state index contributed by atoms with van der Waals surface area (Å²) in [6, 6.07) is 4.08. The Labute approximate surface area is 139 Å². The van der Waals surface area contributed by atoms with Crippen LogP contribution in [-0.4, -0.2) is 28.3 Å². The van der Waals surface area contributed by atoms with Crippen molar-refractivity contribution >= 4 is 11.4 Å². The molecule has 0 saturated carbocycles. The lowest BCUT2D eigenvalue weighted by molar-refractivity contribution is 0.839. The van der Waals surface area contributed by atoms with E-state index in [1.165, 1.54) is 5.57 Å². The second-order valence-electron chi connectivity index (χ2n) is 5.67. The van der Waals surface area contributed by atoms with Crippen molar-refractivity contribution in [1.82, 2.24) is 15.2 Å². The summed E-state index contributed by atoms with van der Waals surface area (Å²) in [5, 5.41) is 7.87. The molecule has 0 bridgehead atoms. The fraction of sp³-hybridized carbons (Fsp3) is 0.368. The average Bonchev–Trinajstić information content (AvgIpc) is 2.99. The van der Waals surface area contributed by atoms with E-state index in [0.29, 0.717) is 0 Å². The van der Waals surface area contributed by atoms with Gasteiger partial charge in [0.25, 0.3) is 0 Å². The summed E-state index contributed by atoms with van der Waals surface area (Å²) in [6.45, 7) is 12.4. The smallest absolute Gasteiger partial charge is 0.158 e. The molecule has 0 atom stereocenters. The first-order valence-corrected chi connectivity index (χ1v) is 8.17. The minimum atomic E-state index is 0.923. The van der Waals surface area contributed by atoms with Gasteiger partial charge >= 0.3 is 0 Å². The van der Waals surface area contributed by atoms with Crippen LogP contribution in [0.25, 0.3) is 16.7 Å². The monoisotopic (exact) mass is 310 g/mol. The van der Waals surface area contributed by atoms with Crippen LogP contribution in [0.1, 0.15) is 40.3 Å². The van der Waals surface area contributed by atoms with E-state index in [2.05, 4.69) is 66.9 Å². The van der Waals surface area contributed by atoms with Crippen LogP contribution in [0.3, 0.4) is 0 Å². The lowest BCUT2D eigenvalue weighted by Gasteiger charge is -2.20. The fourth-order valence-corrected chi connectivity index (χ4v) is 2.70. The molecular weight excluding hydrogens is 284 g/mol. The van der Waals surface area contributed by atoms with Gasteiger partial charge in [-0.3, -0.25) is 10.1 Å². The molecule has 4 heteroatoms. The van der Waals surface area contributed by atoms with Crippen molar-refractivity contribution in [2.75, 3.05) is 18.0 Å². The first-order chi connectivity index (χ1) is 11.1. The first kappa shape index (κ1) is 17.0. The molecule has 1 N–H and O–H groups in total. The van der Waals surface area contributed by atoms with Crippen LogP contribution in [0.5, 0.6) is 0 Å². The quantitative estimate of drug-likeness (QED) is 0.787. The van der Waals surface area contributed by atoms with Crippen molar-refractivity contribution in [3.8, 4) is 11.1 Å². The molecule has 2 aromatic rings. The van der Waals surface area contributed by atoms with Gasteiger partial charge in [0.2, 0.25) is 0 Å². The van der Waals surface area contributed by atoms with Gasteiger partial charge in [0.1, 0.15) is 0 Å². The van der Waals surface area contributed by atoms with E-state index in [1.54, 1.807) is 0 Å². The average molecular weight is 310 g/mol. The number of hydrogen-bond donors (Lipinski definition) is 1. The minimum Gasteiger partial charge on any atom is -0.355 e. The number of nitrogens with zero attached hydrogens (tertiary/aromatic N) is 3. The van der Waals surface area contributed by atoms with E-state index in [0.717, 1.165) is 41.3 Å². The van der Waals surface area contributed by atoms with Crippen molar-refractivity contribution in [3.05, 3.63) is 47.9 Å². The predicted octanol–water partition coefficient (Wildman–Crippen LogP) is 4.69. The highest BCUT2D eigenvalue weighted by molar-refractivity contribution is 5.89. The van der Waals surface area contributed by atoms with Gasteiger partial charge in [-0.1, -0.05) is 17.7 Å². The van der Waals surface area contributed by atoms with Crippen LogP contribution in [0, 0.1) is 0 Å². The number of aromatic nitrogens is 3. The third-order valence-corrected chi connectivity index (χ3v) is 3.82. The topological polar surface area (TPSA) is 44.8 Å². The van der Waals surface area contributed by atoms with Gasteiger partial charge in [-0.05, 0) is 57.9 Å². The third-order valence-electron chi connectivity index (χ3n) is 3.82. The summed E-state index contributed by atoms with van der Waals surface area (Å²) < 4.78 is 0. The zero-order valence-corrected chi connectivity index (χ0v) is 14.7. The molecule has 23 heavy (non-hydrogen) atoms. The molecule has 2 aromatic heterocycles. The number of nitrogens with one attached hydrogen (secondary N) is 1. The van der Waals surface area contributed by atoms with Crippen LogP contribution >= 0.6 is 0 Å². The Kier molecular flexibility index (Phi) is 5.74. The third kappa shape index (κ3) is 3.70. The normalized spacial score (nSPS) is 11.4. The van der Waals surface area contributed by atoms with Gasteiger partial charge in [0.05, 0.1) is 11.3 Å². The molecule has 2 heterocycles. The second kappa shape index (κ2) is 7.77. The van der Waals surface area contributed by atoms with E-state index < -0.39 is 0 Å². The van der Waals surface area contributed by atoms with Crippen molar-refractivity contribution in [1.29, 1.82) is 0 Å². The van der Waals surface area contributed by atoms with Gasteiger partial charge in [0.15, 0.2) is 5.82 Å². The first-order valence-electron chi connectivity index (χ1n) is 8.17. The molecule has 0 spiro atoms. The highest BCUT2D eigenvalue weighted by atomic mass is 15.3. The van der Waals surface area contributed by atoms with Crippen LogP contribution in [0.15, 0.2) is 42.3 Å². The largest absolute Gasteiger partial charge is 0.355 e. The van der Waals surface area contributed by atoms with Gasteiger partial charge < -0.3 is 4.90 Å². The Morgan fingerprint density at radius 3 is 2.35 bits per heavy atom. The van der Waals surface area contributed by atoms with Crippen LogP contribution < -0.4 is 4.90 Å². The summed E-state index contributed by atoms with van der Waals surface area (Å²) >= 11 is 0. The molecule has 0 fully saturated rings. The second-order valence-corrected chi connectivity index (χ2v) is 5.67. The Morgan fingerprint density at radius 1 is 1.17 bits per heavy atom. The summed E-state index contributed by atoms with van der Waals surface area (Å²) in [7, 11) is 0. The summed E-state index contributed by atoms with van der Waals surface area (Å²) in [5.41, 5.74) is 5.75. The Morgan fingerprint density at radius 2 is 1.83 bits per heavy atom. The molecular formula is C19H26N4. The maximum atomic E-state index is 4.62. The molecule has 0 aliphatic rings. The number of H-pyrrole nitrogens is 1. The number of hydrogen-bond acceptors (Lipinski definition) is 3. The maximum Gasteiger partial charge on any atom is 0.158 e. The SMILES string of the molecule is C/C=C(\C=C(C)C)c1[nH]nc(N(CC)CC)c1-c1ccncc1. The number of pyridine rings is 1. The highest BCUT2D eigenvalue weighted by Crippen LogP contribution is 2.36. The van der Waals surface area contributed by atoms with Crippen LogP contribution in [0.2, 0.25) is 0 Å². The molecule has 122 valence electrons. The Balaban J connectivity index is 2.67. The van der Waals surface area contributed by atoms with Gasteiger partial charge in [-0.15, -0.1) is 0 Å². The van der Waals surface area contributed by atoms with E-state index in [9.17, 15) is 0 Å². The van der Waals surface area contributed by atoms with E-state index in [1.807, 2.05) is 24.5 Å². The fourth-order valence-electron chi connectivity index (χ4n) is 2.70. The van der Waals surface area contributed by atoms with E-state index in [4.69, 9.17) is 0 Å². The lowest BCUT2D eigenvalue weighted by Crippen LogP contribution is -2.22. The van der Waals surface area contributed by atoms with Crippen molar-refractivity contribution in [3.63, 3.8) is 0 Å². The number of rotatable bonds is 6.